The molecular weight excluding hydrogens is 237 g/mol. The number of rotatable bonds is 2. The van der Waals surface area contributed by atoms with Gasteiger partial charge in [0.05, 0.1) is 0 Å². The molecule has 0 unspecified atom stereocenters. The van der Waals surface area contributed by atoms with Crippen molar-refractivity contribution in [3.05, 3.63) is 48.9 Å². The Morgan fingerprint density at radius 3 is 2.67 bits per heavy atom. The normalized spacial score (nSPS) is 9.78. The Morgan fingerprint density at radius 2 is 1.94 bits per heavy atom. The first kappa shape index (κ1) is 12.9. The third-order valence-corrected chi connectivity index (χ3v) is 2.31. The fourth-order valence-electron chi connectivity index (χ4n) is 1.50. The molecule has 0 amide bonds. The smallest absolute Gasteiger partial charge is 0.200 e. The van der Waals surface area contributed by atoms with Crippen LogP contribution in [0.5, 0.6) is 0 Å². The maximum absolute atomic E-state index is 4.38. The van der Waals surface area contributed by atoms with Crippen LogP contribution in [0.1, 0.15) is 0 Å². The summed E-state index contributed by atoms with van der Waals surface area (Å²) in [5.74, 6) is 1.28. The summed E-state index contributed by atoms with van der Waals surface area (Å²) >= 11 is 0. The van der Waals surface area contributed by atoms with Crippen molar-refractivity contribution in [2.24, 2.45) is 0 Å². The number of aromatic amines is 1. The van der Waals surface area contributed by atoms with Crippen molar-refractivity contribution in [2.75, 3.05) is 0 Å². The quantitative estimate of drug-likeness (QED) is 0.693. The van der Waals surface area contributed by atoms with Crippen LogP contribution in [0, 0.1) is 0 Å². The molecule has 3 heterocycles. The molecule has 0 aliphatic heterocycles. The van der Waals surface area contributed by atoms with Crippen molar-refractivity contribution in [3.63, 3.8) is 0 Å². The summed E-state index contributed by atoms with van der Waals surface area (Å²) in [6.07, 6.45) is 5.18. The SMILES string of the molecule is [NaH].c1ccc(-c2n[nH]c(-c3cccnc3)n2)nc1. The van der Waals surface area contributed by atoms with E-state index in [1.54, 1.807) is 18.6 Å². The van der Waals surface area contributed by atoms with Gasteiger partial charge in [0.2, 0.25) is 0 Å². The first-order valence-electron chi connectivity index (χ1n) is 5.18. The van der Waals surface area contributed by atoms with Gasteiger partial charge in [-0.25, -0.2) is 4.98 Å². The van der Waals surface area contributed by atoms with Crippen molar-refractivity contribution in [2.45, 2.75) is 0 Å². The van der Waals surface area contributed by atoms with Crippen LogP contribution >= 0.6 is 0 Å². The summed E-state index contributed by atoms with van der Waals surface area (Å²) in [6.45, 7) is 0. The summed E-state index contributed by atoms with van der Waals surface area (Å²) in [5, 5.41) is 7.02. The molecule has 3 aromatic rings. The van der Waals surface area contributed by atoms with Gasteiger partial charge in [-0.1, -0.05) is 6.07 Å². The number of hydrogen-bond acceptors (Lipinski definition) is 4. The molecule has 0 saturated heterocycles. The third-order valence-electron chi connectivity index (χ3n) is 2.31. The molecule has 0 aliphatic rings. The molecule has 0 spiro atoms. The van der Waals surface area contributed by atoms with Crippen LogP contribution < -0.4 is 0 Å². The molecule has 0 aromatic carbocycles. The zero-order valence-corrected chi connectivity index (χ0v) is 8.91. The number of nitrogens with one attached hydrogen (secondary N) is 1. The second-order valence-corrected chi connectivity index (χ2v) is 3.46. The molecule has 0 fully saturated rings. The standard InChI is InChI=1S/C12H9N5.Na.H/c1-2-7-14-10(5-1)12-15-11(16-17-12)9-4-3-6-13-8-9;;/h1-8H,(H,15,16,17);;. The average Bonchev–Trinajstić information content (AvgIpc) is 2.90. The van der Waals surface area contributed by atoms with Gasteiger partial charge >= 0.3 is 29.6 Å². The number of nitrogens with zero attached hydrogens (tertiary/aromatic N) is 4. The van der Waals surface area contributed by atoms with E-state index in [0.29, 0.717) is 11.6 Å². The third kappa shape index (κ3) is 2.64. The Labute approximate surface area is 126 Å². The molecule has 5 nitrogen and oxygen atoms in total. The van der Waals surface area contributed by atoms with Crippen molar-refractivity contribution in [3.8, 4) is 22.9 Å². The van der Waals surface area contributed by atoms with E-state index in [-0.39, 0.29) is 29.6 Å². The molecule has 6 heteroatoms. The Hall–Kier alpha value is -1.56. The molecule has 0 radical (unpaired) electrons. The first-order chi connectivity index (χ1) is 8.43. The van der Waals surface area contributed by atoms with Gasteiger partial charge in [0.15, 0.2) is 11.6 Å². The minimum Gasteiger partial charge on any atom is -0.264 e. The predicted molar refractivity (Wildman–Crippen MR) is 70.0 cm³/mol. The summed E-state index contributed by atoms with van der Waals surface area (Å²) in [6, 6.07) is 9.42. The molecule has 0 atom stereocenters. The van der Waals surface area contributed by atoms with E-state index in [1.807, 2.05) is 30.3 Å². The number of hydrogen-bond donors (Lipinski definition) is 1. The number of pyridine rings is 2. The molecule has 0 bridgehead atoms. The second kappa shape index (κ2) is 5.86. The number of aromatic nitrogens is 5. The fourth-order valence-corrected chi connectivity index (χ4v) is 1.50. The van der Waals surface area contributed by atoms with Gasteiger partial charge in [-0.2, -0.15) is 5.10 Å². The first-order valence-corrected chi connectivity index (χ1v) is 5.18. The summed E-state index contributed by atoms with van der Waals surface area (Å²) < 4.78 is 0. The van der Waals surface area contributed by atoms with Crippen LogP contribution in [-0.2, 0) is 0 Å². The Kier molecular flexibility index (Phi) is 4.19. The van der Waals surface area contributed by atoms with Crippen LogP contribution in [0.25, 0.3) is 22.9 Å². The topological polar surface area (TPSA) is 67.3 Å². The van der Waals surface area contributed by atoms with E-state index >= 15 is 0 Å². The van der Waals surface area contributed by atoms with E-state index in [4.69, 9.17) is 0 Å². The summed E-state index contributed by atoms with van der Waals surface area (Å²) in [4.78, 5) is 12.6. The number of H-pyrrole nitrogens is 1. The van der Waals surface area contributed by atoms with Crippen molar-refractivity contribution >= 4 is 29.6 Å². The van der Waals surface area contributed by atoms with Crippen molar-refractivity contribution < 1.29 is 0 Å². The van der Waals surface area contributed by atoms with Crippen molar-refractivity contribution in [1.82, 2.24) is 25.1 Å². The molecule has 3 aromatic heterocycles. The van der Waals surface area contributed by atoms with Gasteiger partial charge in [0.1, 0.15) is 5.69 Å². The maximum atomic E-state index is 4.38. The molecular formula is C12H10N5Na. The van der Waals surface area contributed by atoms with Crippen LogP contribution in [0.4, 0.5) is 0 Å². The Morgan fingerprint density at radius 1 is 1.00 bits per heavy atom. The van der Waals surface area contributed by atoms with E-state index in [0.717, 1.165) is 11.3 Å². The summed E-state index contributed by atoms with van der Waals surface area (Å²) in [5.41, 5.74) is 1.65. The zero-order valence-electron chi connectivity index (χ0n) is 8.91. The molecule has 0 aliphatic carbocycles. The maximum Gasteiger partial charge on any atom is 0.200 e. The van der Waals surface area contributed by atoms with Crippen molar-refractivity contribution in [1.29, 1.82) is 0 Å². The molecule has 1 N–H and O–H groups in total. The minimum absolute atomic E-state index is 0. The largest absolute Gasteiger partial charge is 0.264 e. The molecule has 84 valence electrons. The predicted octanol–water partition coefficient (Wildman–Crippen LogP) is 1.28. The Balaban J connectivity index is 0.00000120. The van der Waals surface area contributed by atoms with Gasteiger partial charge in [0.25, 0.3) is 0 Å². The van der Waals surface area contributed by atoms with Gasteiger partial charge < -0.3 is 0 Å². The van der Waals surface area contributed by atoms with Gasteiger partial charge in [0, 0.05) is 24.2 Å². The molecule has 3 rings (SSSR count). The van der Waals surface area contributed by atoms with Crippen LogP contribution in [-0.4, -0.2) is 54.7 Å². The zero-order chi connectivity index (χ0) is 11.5. The van der Waals surface area contributed by atoms with Gasteiger partial charge in [-0.3, -0.25) is 15.1 Å². The monoisotopic (exact) mass is 247 g/mol. The second-order valence-electron chi connectivity index (χ2n) is 3.46. The summed E-state index contributed by atoms with van der Waals surface area (Å²) in [7, 11) is 0. The van der Waals surface area contributed by atoms with E-state index in [1.165, 1.54) is 0 Å². The fraction of sp³-hybridized carbons (Fsp3) is 0. The van der Waals surface area contributed by atoms with E-state index < -0.39 is 0 Å². The molecule has 0 saturated carbocycles. The van der Waals surface area contributed by atoms with Gasteiger partial charge in [-0.15, -0.1) is 0 Å². The minimum atomic E-state index is 0. The van der Waals surface area contributed by atoms with E-state index in [2.05, 4.69) is 25.1 Å². The van der Waals surface area contributed by atoms with Crippen LogP contribution in [0.15, 0.2) is 48.9 Å². The average molecular weight is 247 g/mol. The van der Waals surface area contributed by atoms with Crippen LogP contribution in [0.2, 0.25) is 0 Å². The van der Waals surface area contributed by atoms with E-state index in [9.17, 15) is 0 Å². The van der Waals surface area contributed by atoms with Gasteiger partial charge in [-0.05, 0) is 24.3 Å². The molecule has 18 heavy (non-hydrogen) atoms. The van der Waals surface area contributed by atoms with Crippen LogP contribution in [0.3, 0.4) is 0 Å². The Bertz CT molecular complexity index is 555.